The van der Waals surface area contributed by atoms with Crippen molar-refractivity contribution >= 4 is 66.7 Å². The van der Waals surface area contributed by atoms with Crippen molar-refractivity contribution in [2.45, 2.75) is 39.4 Å². The molecule has 0 radical (unpaired) electrons. The van der Waals surface area contributed by atoms with Crippen LogP contribution in [0.3, 0.4) is 0 Å². The van der Waals surface area contributed by atoms with E-state index in [0.717, 1.165) is 20.6 Å². The number of hydrogen-bond acceptors (Lipinski definition) is 4. The van der Waals surface area contributed by atoms with Crippen molar-refractivity contribution in [1.29, 1.82) is 0 Å². The lowest BCUT2D eigenvalue weighted by molar-refractivity contribution is -0.139. The Balaban J connectivity index is 2.42. The first-order chi connectivity index (χ1) is 15.3. The molecule has 33 heavy (non-hydrogen) atoms. The molecule has 0 aliphatic rings. The molecule has 0 aromatic heterocycles. The van der Waals surface area contributed by atoms with Gasteiger partial charge in [0, 0.05) is 27.1 Å². The monoisotopic (exact) mass is 577 g/mol. The topological polar surface area (TPSA) is 86.8 Å². The third kappa shape index (κ3) is 8.17. The Bertz CT molecular complexity index is 1110. The summed E-state index contributed by atoms with van der Waals surface area (Å²) < 4.78 is 26.8. The summed E-state index contributed by atoms with van der Waals surface area (Å²) in [6.07, 6.45) is 0.989. The largest absolute Gasteiger partial charge is 0.352 e. The summed E-state index contributed by atoms with van der Waals surface area (Å²) >= 11 is 15.5. The lowest BCUT2D eigenvalue weighted by Crippen LogP contribution is -2.52. The minimum atomic E-state index is -3.86. The molecule has 2 aromatic rings. The van der Waals surface area contributed by atoms with Gasteiger partial charge >= 0.3 is 0 Å². The van der Waals surface area contributed by atoms with Crippen LogP contribution in [0.4, 0.5) is 5.69 Å². The van der Waals surface area contributed by atoms with Gasteiger partial charge in [0.25, 0.3) is 0 Å². The van der Waals surface area contributed by atoms with Gasteiger partial charge in [-0.15, -0.1) is 0 Å². The molecule has 180 valence electrons. The molecule has 7 nitrogen and oxygen atoms in total. The van der Waals surface area contributed by atoms with Crippen LogP contribution in [0.2, 0.25) is 10.0 Å². The van der Waals surface area contributed by atoms with Crippen molar-refractivity contribution in [1.82, 2.24) is 10.2 Å². The molecule has 2 rings (SSSR count). The molecular formula is C22H26BrCl2N3O4S. The molecule has 0 saturated heterocycles. The van der Waals surface area contributed by atoms with E-state index in [1.54, 1.807) is 6.92 Å². The SMILES string of the molecule is CC(C)NC(=O)[C@@H](C)N(Cc1cccc(Br)c1)C(=O)CN(c1cc(Cl)cc(Cl)c1)S(C)(=O)=O. The number of carbonyl (C=O) groups excluding carboxylic acids is 2. The summed E-state index contributed by atoms with van der Waals surface area (Å²) in [5, 5.41) is 3.26. The third-order valence-corrected chi connectivity index (χ3v) is 6.72. The number of benzene rings is 2. The number of anilines is 1. The van der Waals surface area contributed by atoms with E-state index in [1.807, 2.05) is 38.1 Å². The summed E-state index contributed by atoms with van der Waals surface area (Å²) in [6, 6.07) is 10.6. The average molecular weight is 579 g/mol. The Hall–Kier alpha value is -1.81. The number of hydrogen-bond donors (Lipinski definition) is 1. The van der Waals surface area contributed by atoms with Crippen LogP contribution >= 0.6 is 39.1 Å². The molecule has 0 bridgehead atoms. The molecule has 2 aromatic carbocycles. The van der Waals surface area contributed by atoms with E-state index < -0.39 is 28.5 Å². The Morgan fingerprint density at radius 1 is 1.06 bits per heavy atom. The number of sulfonamides is 1. The van der Waals surface area contributed by atoms with Crippen LogP contribution in [0.5, 0.6) is 0 Å². The van der Waals surface area contributed by atoms with E-state index in [9.17, 15) is 18.0 Å². The van der Waals surface area contributed by atoms with Crippen LogP contribution in [-0.2, 0) is 26.2 Å². The summed E-state index contributed by atoms with van der Waals surface area (Å²) in [4.78, 5) is 27.5. The average Bonchev–Trinajstić information content (AvgIpc) is 2.67. The Morgan fingerprint density at radius 2 is 1.67 bits per heavy atom. The number of rotatable bonds is 9. The highest BCUT2D eigenvalue weighted by molar-refractivity contribution is 9.10. The first-order valence-corrected chi connectivity index (χ1v) is 13.5. The second kappa shape index (κ2) is 11.6. The zero-order valence-corrected chi connectivity index (χ0v) is 22.6. The number of nitrogens with zero attached hydrogens (tertiary/aromatic N) is 2. The maximum atomic E-state index is 13.4. The summed E-state index contributed by atoms with van der Waals surface area (Å²) in [5.41, 5.74) is 0.934. The lowest BCUT2D eigenvalue weighted by Gasteiger charge is -2.32. The van der Waals surface area contributed by atoms with E-state index in [-0.39, 0.29) is 34.2 Å². The molecular weight excluding hydrogens is 553 g/mol. The number of halogens is 3. The second-order valence-electron chi connectivity index (χ2n) is 7.89. The van der Waals surface area contributed by atoms with E-state index in [1.165, 1.54) is 23.1 Å². The fourth-order valence-electron chi connectivity index (χ4n) is 3.12. The predicted octanol–water partition coefficient (Wildman–Crippen LogP) is 4.46. The number of amides is 2. The van der Waals surface area contributed by atoms with Crippen molar-refractivity contribution in [2.24, 2.45) is 0 Å². The van der Waals surface area contributed by atoms with Gasteiger partial charge in [-0.25, -0.2) is 8.42 Å². The summed E-state index contributed by atoms with van der Waals surface area (Å²) in [5.74, 6) is -0.895. The van der Waals surface area contributed by atoms with Gasteiger partial charge in [-0.05, 0) is 56.7 Å². The van der Waals surface area contributed by atoms with Gasteiger partial charge in [0.2, 0.25) is 21.8 Å². The molecule has 0 saturated carbocycles. The van der Waals surface area contributed by atoms with Crippen molar-refractivity contribution in [3.05, 3.63) is 62.5 Å². The highest BCUT2D eigenvalue weighted by Gasteiger charge is 2.30. The van der Waals surface area contributed by atoms with E-state index in [2.05, 4.69) is 21.2 Å². The smallest absolute Gasteiger partial charge is 0.244 e. The molecule has 1 N–H and O–H groups in total. The van der Waals surface area contributed by atoms with Crippen LogP contribution in [0.25, 0.3) is 0 Å². The standard InChI is InChI=1S/C22H26BrCl2N3O4S/c1-14(2)26-22(30)15(3)27(12-16-6-5-7-17(23)8-16)21(29)13-28(33(4,31)32)20-10-18(24)9-19(25)11-20/h5-11,14-15H,12-13H2,1-4H3,(H,26,30)/t15-/m1/s1. The van der Waals surface area contributed by atoms with Gasteiger partial charge in [0.1, 0.15) is 12.6 Å². The van der Waals surface area contributed by atoms with Crippen LogP contribution in [0.15, 0.2) is 46.9 Å². The predicted molar refractivity (Wildman–Crippen MR) is 136 cm³/mol. The quantitative estimate of drug-likeness (QED) is 0.476. The summed E-state index contributed by atoms with van der Waals surface area (Å²) in [7, 11) is -3.86. The molecule has 0 heterocycles. The highest BCUT2D eigenvalue weighted by atomic mass is 79.9. The Kier molecular flexibility index (Phi) is 9.60. The first-order valence-electron chi connectivity index (χ1n) is 10.1. The van der Waals surface area contributed by atoms with Crippen molar-refractivity contribution in [2.75, 3.05) is 17.1 Å². The number of carbonyl (C=O) groups is 2. The molecule has 0 aliphatic carbocycles. The molecule has 0 fully saturated rings. The zero-order chi connectivity index (χ0) is 24.9. The van der Waals surface area contributed by atoms with Gasteiger partial charge in [-0.3, -0.25) is 13.9 Å². The molecule has 0 spiro atoms. The molecule has 11 heteroatoms. The van der Waals surface area contributed by atoms with Crippen LogP contribution < -0.4 is 9.62 Å². The Morgan fingerprint density at radius 3 is 2.18 bits per heavy atom. The first kappa shape index (κ1) is 27.4. The fourth-order valence-corrected chi connectivity index (χ4v) is 4.91. The van der Waals surface area contributed by atoms with Gasteiger partial charge in [0.15, 0.2) is 0 Å². The van der Waals surface area contributed by atoms with Gasteiger partial charge < -0.3 is 10.2 Å². The van der Waals surface area contributed by atoms with Crippen LogP contribution in [0, 0.1) is 0 Å². The van der Waals surface area contributed by atoms with E-state index in [4.69, 9.17) is 23.2 Å². The van der Waals surface area contributed by atoms with Crippen molar-refractivity contribution < 1.29 is 18.0 Å². The van der Waals surface area contributed by atoms with Gasteiger partial charge in [-0.1, -0.05) is 51.3 Å². The third-order valence-electron chi connectivity index (χ3n) is 4.65. The van der Waals surface area contributed by atoms with E-state index in [0.29, 0.717) is 0 Å². The highest BCUT2D eigenvalue weighted by Crippen LogP contribution is 2.27. The number of nitrogens with one attached hydrogen (secondary N) is 1. The molecule has 0 aliphatic heterocycles. The normalized spacial score (nSPS) is 12.4. The van der Waals surface area contributed by atoms with Gasteiger partial charge in [0.05, 0.1) is 11.9 Å². The maximum Gasteiger partial charge on any atom is 0.244 e. The zero-order valence-electron chi connectivity index (χ0n) is 18.7. The fraction of sp³-hybridized carbons (Fsp3) is 0.364. The van der Waals surface area contributed by atoms with Gasteiger partial charge in [-0.2, -0.15) is 0 Å². The van der Waals surface area contributed by atoms with Crippen LogP contribution in [0.1, 0.15) is 26.3 Å². The van der Waals surface area contributed by atoms with Crippen molar-refractivity contribution in [3.63, 3.8) is 0 Å². The second-order valence-corrected chi connectivity index (χ2v) is 11.6. The van der Waals surface area contributed by atoms with Crippen LogP contribution in [-0.4, -0.2) is 50.0 Å². The maximum absolute atomic E-state index is 13.4. The van der Waals surface area contributed by atoms with Crippen molar-refractivity contribution in [3.8, 4) is 0 Å². The summed E-state index contributed by atoms with van der Waals surface area (Å²) in [6.45, 7) is 4.83. The van der Waals surface area contributed by atoms with E-state index >= 15 is 0 Å². The minimum Gasteiger partial charge on any atom is -0.352 e. The Labute approximate surface area is 213 Å². The molecule has 1 atom stereocenters. The minimum absolute atomic E-state index is 0.110. The lowest BCUT2D eigenvalue weighted by atomic mass is 10.1. The molecule has 0 unspecified atom stereocenters. The molecule has 2 amide bonds.